The lowest BCUT2D eigenvalue weighted by Gasteiger charge is -2.25. The average molecular weight is 245 g/mol. The van der Waals surface area contributed by atoms with Gasteiger partial charge in [-0.2, -0.15) is 0 Å². The van der Waals surface area contributed by atoms with Crippen LogP contribution in [-0.4, -0.2) is 17.4 Å². The van der Waals surface area contributed by atoms with Gasteiger partial charge in [0.05, 0.1) is 6.04 Å². The van der Waals surface area contributed by atoms with E-state index in [1.165, 1.54) is 5.56 Å². The van der Waals surface area contributed by atoms with Crippen LogP contribution in [0.15, 0.2) is 30.3 Å². The molecule has 98 valence electrons. The Morgan fingerprint density at radius 2 is 1.89 bits per heavy atom. The van der Waals surface area contributed by atoms with E-state index in [4.69, 9.17) is 0 Å². The van der Waals surface area contributed by atoms with Crippen molar-refractivity contribution in [3.63, 3.8) is 0 Å². The molecule has 0 radical (unpaired) electrons. The average Bonchev–Trinajstić information content (AvgIpc) is 2.71. The summed E-state index contributed by atoms with van der Waals surface area (Å²) in [6.07, 6.45) is 2.05. The summed E-state index contributed by atoms with van der Waals surface area (Å²) in [6, 6.07) is 10.5. The van der Waals surface area contributed by atoms with Gasteiger partial charge < -0.3 is 4.90 Å². The minimum absolute atomic E-state index is 0.205. The third kappa shape index (κ3) is 2.74. The molecular weight excluding hydrogens is 222 g/mol. The second-order valence-electron chi connectivity index (χ2n) is 5.73. The monoisotopic (exact) mass is 245 g/mol. The van der Waals surface area contributed by atoms with E-state index in [9.17, 15) is 4.79 Å². The van der Waals surface area contributed by atoms with Gasteiger partial charge in [0, 0.05) is 12.5 Å². The summed E-state index contributed by atoms with van der Waals surface area (Å²) in [5, 5.41) is 0. The van der Waals surface area contributed by atoms with Crippen molar-refractivity contribution in [2.75, 3.05) is 6.54 Å². The SMILES string of the molecule is CC(C)CC1CCN([C@@H](C)c2ccccc2)C1=O. The van der Waals surface area contributed by atoms with Gasteiger partial charge in [0.1, 0.15) is 0 Å². The molecule has 1 aromatic rings. The second-order valence-corrected chi connectivity index (χ2v) is 5.73. The van der Waals surface area contributed by atoms with E-state index < -0.39 is 0 Å². The first-order chi connectivity index (χ1) is 8.59. The quantitative estimate of drug-likeness (QED) is 0.793. The van der Waals surface area contributed by atoms with Crippen LogP contribution in [0.5, 0.6) is 0 Å². The third-order valence-corrected chi connectivity index (χ3v) is 3.86. The summed E-state index contributed by atoms with van der Waals surface area (Å²) in [6.45, 7) is 7.42. The number of amides is 1. The number of carbonyl (C=O) groups excluding carboxylic acids is 1. The van der Waals surface area contributed by atoms with Crippen LogP contribution in [0.1, 0.15) is 45.2 Å². The molecule has 1 aliphatic rings. The van der Waals surface area contributed by atoms with Gasteiger partial charge in [-0.15, -0.1) is 0 Å². The molecule has 0 aromatic heterocycles. The number of hydrogen-bond acceptors (Lipinski definition) is 1. The fourth-order valence-electron chi connectivity index (χ4n) is 2.85. The Kier molecular flexibility index (Phi) is 4.05. The lowest BCUT2D eigenvalue weighted by molar-refractivity contribution is -0.133. The summed E-state index contributed by atoms with van der Waals surface area (Å²) in [5.74, 6) is 1.20. The maximum atomic E-state index is 12.4. The molecule has 1 aliphatic heterocycles. The molecule has 0 N–H and O–H groups in total. The van der Waals surface area contributed by atoms with Crippen LogP contribution >= 0.6 is 0 Å². The third-order valence-electron chi connectivity index (χ3n) is 3.86. The molecule has 0 bridgehead atoms. The van der Waals surface area contributed by atoms with E-state index in [0.29, 0.717) is 11.8 Å². The van der Waals surface area contributed by atoms with Gasteiger partial charge in [0.25, 0.3) is 0 Å². The molecule has 0 saturated carbocycles. The predicted octanol–water partition coefficient (Wildman–Crippen LogP) is 3.64. The van der Waals surface area contributed by atoms with E-state index in [2.05, 4.69) is 32.9 Å². The first-order valence-corrected chi connectivity index (χ1v) is 6.95. The summed E-state index contributed by atoms with van der Waals surface area (Å²) >= 11 is 0. The van der Waals surface area contributed by atoms with E-state index >= 15 is 0 Å². The molecule has 1 amide bonds. The van der Waals surface area contributed by atoms with Gasteiger partial charge in [0.2, 0.25) is 5.91 Å². The molecule has 2 atom stereocenters. The summed E-state index contributed by atoms with van der Waals surface area (Å²) in [4.78, 5) is 14.4. The molecule has 2 heteroatoms. The van der Waals surface area contributed by atoms with Crippen LogP contribution in [0.4, 0.5) is 0 Å². The first kappa shape index (κ1) is 13.1. The van der Waals surface area contributed by atoms with E-state index in [0.717, 1.165) is 19.4 Å². The van der Waals surface area contributed by atoms with Crippen molar-refractivity contribution in [3.05, 3.63) is 35.9 Å². The smallest absolute Gasteiger partial charge is 0.226 e. The zero-order chi connectivity index (χ0) is 13.1. The fourth-order valence-corrected chi connectivity index (χ4v) is 2.85. The maximum Gasteiger partial charge on any atom is 0.226 e. The Morgan fingerprint density at radius 3 is 2.50 bits per heavy atom. The van der Waals surface area contributed by atoms with Crippen molar-refractivity contribution in [1.29, 1.82) is 0 Å². The van der Waals surface area contributed by atoms with E-state index in [1.807, 2.05) is 23.1 Å². The van der Waals surface area contributed by atoms with Crippen LogP contribution in [0, 0.1) is 11.8 Å². The predicted molar refractivity (Wildman–Crippen MR) is 74.1 cm³/mol. The van der Waals surface area contributed by atoms with Crippen LogP contribution in [-0.2, 0) is 4.79 Å². The fraction of sp³-hybridized carbons (Fsp3) is 0.562. The lowest BCUT2D eigenvalue weighted by Crippen LogP contribution is -2.30. The van der Waals surface area contributed by atoms with E-state index in [-0.39, 0.29) is 12.0 Å². The number of hydrogen-bond donors (Lipinski definition) is 0. The molecule has 18 heavy (non-hydrogen) atoms. The topological polar surface area (TPSA) is 20.3 Å². The molecule has 1 fully saturated rings. The normalized spacial score (nSPS) is 21.7. The van der Waals surface area contributed by atoms with Crippen LogP contribution in [0.25, 0.3) is 0 Å². The summed E-state index contributed by atoms with van der Waals surface area (Å²) in [7, 11) is 0. The number of nitrogens with zero attached hydrogens (tertiary/aromatic N) is 1. The second kappa shape index (κ2) is 5.55. The minimum Gasteiger partial charge on any atom is -0.336 e. The van der Waals surface area contributed by atoms with Gasteiger partial charge in [-0.3, -0.25) is 4.79 Å². The summed E-state index contributed by atoms with van der Waals surface area (Å²) < 4.78 is 0. The number of rotatable bonds is 4. The van der Waals surface area contributed by atoms with Crippen molar-refractivity contribution in [1.82, 2.24) is 4.90 Å². The lowest BCUT2D eigenvalue weighted by atomic mass is 9.96. The zero-order valence-electron chi connectivity index (χ0n) is 11.6. The largest absolute Gasteiger partial charge is 0.336 e. The Bertz CT molecular complexity index is 399. The molecule has 1 heterocycles. The van der Waals surface area contributed by atoms with E-state index in [1.54, 1.807) is 0 Å². The molecule has 1 saturated heterocycles. The van der Waals surface area contributed by atoms with Gasteiger partial charge >= 0.3 is 0 Å². The minimum atomic E-state index is 0.205. The summed E-state index contributed by atoms with van der Waals surface area (Å²) in [5.41, 5.74) is 1.23. The van der Waals surface area contributed by atoms with Gasteiger partial charge in [-0.1, -0.05) is 44.2 Å². The zero-order valence-corrected chi connectivity index (χ0v) is 11.6. The molecule has 2 nitrogen and oxygen atoms in total. The van der Waals surface area contributed by atoms with Crippen molar-refractivity contribution >= 4 is 5.91 Å². The molecule has 1 aromatic carbocycles. The Balaban J connectivity index is 2.05. The number of carbonyl (C=O) groups is 1. The van der Waals surface area contributed by atoms with Crippen molar-refractivity contribution in [2.24, 2.45) is 11.8 Å². The molecule has 0 spiro atoms. The standard InChI is InChI=1S/C16H23NO/c1-12(2)11-15-9-10-17(16(15)18)13(3)14-7-5-4-6-8-14/h4-8,12-13,15H,9-11H2,1-3H3/t13-,15?/m0/s1. The number of benzene rings is 1. The highest BCUT2D eigenvalue weighted by atomic mass is 16.2. The molecule has 1 unspecified atom stereocenters. The maximum absolute atomic E-state index is 12.4. The van der Waals surface area contributed by atoms with Crippen molar-refractivity contribution in [2.45, 2.75) is 39.7 Å². The number of likely N-dealkylation sites (tertiary alicyclic amines) is 1. The highest BCUT2D eigenvalue weighted by molar-refractivity contribution is 5.81. The van der Waals surface area contributed by atoms with Gasteiger partial charge in [-0.25, -0.2) is 0 Å². The van der Waals surface area contributed by atoms with Crippen LogP contribution < -0.4 is 0 Å². The first-order valence-electron chi connectivity index (χ1n) is 6.95. The van der Waals surface area contributed by atoms with Crippen LogP contribution in [0.2, 0.25) is 0 Å². The van der Waals surface area contributed by atoms with Crippen LogP contribution in [0.3, 0.4) is 0 Å². The molecule has 2 rings (SSSR count). The Labute approximate surface area is 110 Å². The van der Waals surface area contributed by atoms with Crippen molar-refractivity contribution < 1.29 is 4.79 Å². The van der Waals surface area contributed by atoms with Gasteiger partial charge in [0.15, 0.2) is 0 Å². The molecular formula is C16H23NO. The molecule has 0 aliphatic carbocycles. The Morgan fingerprint density at radius 1 is 1.22 bits per heavy atom. The van der Waals surface area contributed by atoms with Crippen molar-refractivity contribution in [3.8, 4) is 0 Å². The highest BCUT2D eigenvalue weighted by Crippen LogP contribution is 2.31. The Hall–Kier alpha value is -1.31. The highest BCUT2D eigenvalue weighted by Gasteiger charge is 2.34. The van der Waals surface area contributed by atoms with Gasteiger partial charge in [-0.05, 0) is 31.2 Å².